The molecule has 0 aliphatic carbocycles. The van der Waals surface area contributed by atoms with E-state index in [1.54, 1.807) is 7.11 Å². The lowest BCUT2D eigenvalue weighted by atomic mass is 9.85. The van der Waals surface area contributed by atoms with E-state index in [0.717, 1.165) is 12.1 Å². The summed E-state index contributed by atoms with van der Waals surface area (Å²) in [5, 5.41) is 0. The molecule has 0 amide bonds. The minimum atomic E-state index is 0.153. The van der Waals surface area contributed by atoms with Crippen molar-refractivity contribution < 1.29 is 9.53 Å². The third kappa shape index (κ3) is 3.65. The van der Waals surface area contributed by atoms with Crippen LogP contribution in [0.5, 0.6) is 5.75 Å². The summed E-state index contributed by atoms with van der Waals surface area (Å²) in [6.45, 7) is 10.3. The Morgan fingerprint density at radius 1 is 1.33 bits per heavy atom. The van der Waals surface area contributed by atoms with E-state index >= 15 is 0 Å². The molecule has 116 valence electrons. The van der Waals surface area contributed by atoms with E-state index in [-0.39, 0.29) is 5.78 Å². The van der Waals surface area contributed by atoms with Crippen LogP contribution >= 0.6 is 0 Å². The topological polar surface area (TPSA) is 29.5 Å². The maximum Gasteiger partial charge on any atom is 0.180 e. The number of likely N-dealkylation sites (tertiary alicyclic amines) is 1. The van der Waals surface area contributed by atoms with Gasteiger partial charge in [-0.25, -0.2) is 0 Å². The predicted octanol–water partition coefficient (Wildman–Crippen LogP) is 3.55. The van der Waals surface area contributed by atoms with Crippen LogP contribution in [0.3, 0.4) is 0 Å². The Hall–Kier alpha value is -1.35. The van der Waals surface area contributed by atoms with Crippen LogP contribution in [0.25, 0.3) is 0 Å². The van der Waals surface area contributed by atoms with E-state index in [1.807, 2.05) is 25.1 Å². The van der Waals surface area contributed by atoms with Gasteiger partial charge in [-0.1, -0.05) is 19.9 Å². The van der Waals surface area contributed by atoms with Crippen molar-refractivity contribution in [1.29, 1.82) is 0 Å². The van der Waals surface area contributed by atoms with Gasteiger partial charge in [0.05, 0.1) is 19.2 Å². The molecule has 1 aliphatic rings. The zero-order valence-corrected chi connectivity index (χ0v) is 13.8. The van der Waals surface area contributed by atoms with Gasteiger partial charge in [0.15, 0.2) is 5.78 Å². The molecule has 0 aromatic heterocycles. The number of ketones is 1. The lowest BCUT2D eigenvalue weighted by molar-refractivity contribution is 0.0648. The van der Waals surface area contributed by atoms with Gasteiger partial charge < -0.3 is 4.74 Å². The van der Waals surface area contributed by atoms with Gasteiger partial charge in [0.1, 0.15) is 5.75 Å². The average molecular weight is 289 g/mol. The summed E-state index contributed by atoms with van der Waals surface area (Å²) >= 11 is 0. The molecule has 3 heteroatoms. The summed E-state index contributed by atoms with van der Waals surface area (Å²) in [7, 11) is 1.62. The molecule has 1 aromatic carbocycles. The van der Waals surface area contributed by atoms with E-state index in [4.69, 9.17) is 4.74 Å². The number of carbonyl (C=O) groups excluding carboxylic acids is 1. The molecule has 1 fully saturated rings. The number of benzene rings is 1. The maximum atomic E-state index is 12.6. The van der Waals surface area contributed by atoms with Crippen molar-refractivity contribution in [2.75, 3.05) is 20.2 Å². The molecule has 1 heterocycles. The quantitative estimate of drug-likeness (QED) is 0.794. The van der Waals surface area contributed by atoms with Gasteiger partial charge in [0, 0.05) is 12.6 Å². The predicted molar refractivity (Wildman–Crippen MR) is 86.0 cm³/mol. The molecule has 0 N–H and O–H groups in total. The lowest BCUT2D eigenvalue weighted by Gasteiger charge is -2.40. The van der Waals surface area contributed by atoms with Crippen LogP contribution in [0.15, 0.2) is 18.2 Å². The van der Waals surface area contributed by atoms with E-state index in [1.165, 1.54) is 6.42 Å². The van der Waals surface area contributed by atoms with E-state index in [2.05, 4.69) is 25.7 Å². The van der Waals surface area contributed by atoms with Gasteiger partial charge in [-0.05, 0) is 49.8 Å². The number of nitrogens with zero attached hydrogens (tertiary/aromatic N) is 1. The van der Waals surface area contributed by atoms with Crippen LogP contribution in [-0.4, -0.2) is 36.9 Å². The van der Waals surface area contributed by atoms with Gasteiger partial charge in [-0.2, -0.15) is 0 Å². The summed E-state index contributed by atoms with van der Waals surface area (Å²) in [6.07, 6.45) is 1.25. The molecule has 0 spiro atoms. The van der Waals surface area contributed by atoms with Crippen LogP contribution in [0.1, 0.15) is 43.1 Å². The fourth-order valence-electron chi connectivity index (χ4n) is 3.34. The highest BCUT2D eigenvalue weighted by atomic mass is 16.5. The van der Waals surface area contributed by atoms with Crippen LogP contribution in [0.2, 0.25) is 0 Å². The Morgan fingerprint density at radius 2 is 2.05 bits per heavy atom. The SMILES string of the molecule is COc1cc(C)ccc1C(=O)CN1CC(C)CC(C)C1C. The normalized spacial score (nSPS) is 26.6. The number of methoxy groups -OCH3 is 1. The molecule has 0 radical (unpaired) electrons. The highest BCUT2D eigenvalue weighted by Gasteiger charge is 2.30. The zero-order chi connectivity index (χ0) is 15.6. The molecule has 0 saturated carbocycles. The number of carbonyl (C=O) groups is 1. The van der Waals surface area contributed by atoms with Crippen molar-refractivity contribution in [3.63, 3.8) is 0 Å². The maximum absolute atomic E-state index is 12.6. The van der Waals surface area contributed by atoms with E-state index < -0.39 is 0 Å². The molecular formula is C18H27NO2. The summed E-state index contributed by atoms with van der Waals surface area (Å²) in [6, 6.07) is 6.25. The van der Waals surface area contributed by atoms with Crippen molar-refractivity contribution in [3.05, 3.63) is 29.3 Å². The second-order valence-electron chi connectivity index (χ2n) is 6.62. The Morgan fingerprint density at radius 3 is 2.71 bits per heavy atom. The molecule has 1 aromatic rings. The fourth-order valence-corrected chi connectivity index (χ4v) is 3.34. The Balaban J connectivity index is 2.14. The second kappa shape index (κ2) is 6.61. The third-order valence-corrected chi connectivity index (χ3v) is 4.72. The van der Waals surface area contributed by atoms with Crippen LogP contribution in [0.4, 0.5) is 0 Å². The van der Waals surface area contributed by atoms with Crippen LogP contribution in [0, 0.1) is 18.8 Å². The first-order valence-electron chi connectivity index (χ1n) is 7.84. The molecule has 1 aliphatic heterocycles. The summed E-state index contributed by atoms with van der Waals surface area (Å²) in [4.78, 5) is 15.0. The monoisotopic (exact) mass is 289 g/mol. The van der Waals surface area contributed by atoms with Crippen molar-refractivity contribution in [3.8, 4) is 5.75 Å². The molecule has 2 rings (SSSR count). The van der Waals surface area contributed by atoms with Crippen LogP contribution < -0.4 is 4.74 Å². The van der Waals surface area contributed by atoms with Crippen molar-refractivity contribution >= 4 is 5.78 Å². The largest absolute Gasteiger partial charge is 0.496 e. The van der Waals surface area contributed by atoms with E-state index in [9.17, 15) is 4.79 Å². The van der Waals surface area contributed by atoms with Gasteiger partial charge in [0.25, 0.3) is 0 Å². The number of rotatable bonds is 4. The average Bonchev–Trinajstić information content (AvgIpc) is 2.43. The molecule has 21 heavy (non-hydrogen) atoms. The Bertz CT molecular complexity index is 512. The fraction of sp³-hybridized carbons (Fsp3) is 0.611. The molecule has 3 unspecified atom stereocenters. The standard InChI is InChI=1S/C18H27NO2/c1-12-6-7-16(18(9-12)21-5)17(20)11-19-10-13(2)8-14(3)15(19)4/h6-7,9,13-15H,8,10-11H2,1-5H3. The molecule has 3 atom stereocenters. The Kier molecular flexibility index (Phi) is 5.04. The first kappa shape index (κ1) is 16.0. The van der Waals surface area contributed by atoms with Gasteiger partial charge in [-0.15, -0.1) is 0 Å². The number of hydrogen-bond acceptors (Lipinski definition) is 3. The number of ether oxygens (including phenoxy) is 1. The smallest absolute Gasteiger partial charge is 0.180 e. The van der Waals surface area contributed by atoms with Gasteiger partial charge >= 0.3 is 0 Å². The molecule has 0 bridgehead atoms. The molecule has 1 saturated heterocycles. The second-order valence-corrected chi connectivity index (χ2v) is 6.62. The third-order valence-electron chi connectivity index (χ3n) is 4.72. The lowest BCUT2D eigenvalue weighted by Crippen LogP contribution is -2.47. The summed E-state index contributed by atoms with van der Waals surface area (Å²) < 4.78 is 5.37. The highest BCUT2D eigenvalue weighted by Crippen LogP contribution is 2.28. The number of aryl methyl sites for hydroxylation is 1. The van der Waals surface area contributed by atoms with Gasteiger partial charge in [-0.3, -0.25) is 9.69 Å². The van der Waals surface area contributed by atoms with Crippen molar-refractivity contribution in [2.24, 2.45) is 11.8 Å². The highest BCUT2D eigenvalue weighted by molar-refractivity contribution is 6.00. The van der Waals surface area contributed by atoms with Gasteiger partial charge in [0.2, 0.25) is 0 Å². The first-order chi connectivity index (χ1) is 9.92. The van der Waals surface area contributed by atoms with Crippen LogP contribution in [-0.2, 0) is 0 Å². The Labute approximate surface area is 128 Å². The van der Waals surface area contributed by atoms with E-state index in [0.29, 0.717) is 35.7 Å². The number of hydrogen-bond donors (Lipinski definition) is 0. The summed E-state index contributed by atoms with van der Waals surface area (Å²) in [5.74, 6) is 2.14. The molecule has 3 nitrogen and oxygen atoms in total. The molecular weight excluding hydrogens is 262 g/mol. The summed E-state index contributed by atoms with van der Waals surface area (Å²) in [5.41, 5.74) is 1.80. The van der Waals surface area contributed by atoms with Crippen molar-refractivity contribution in [2.45, 2.75) is 40.2 Å². The minimum absolute atomic E-state index is 0.153. The minimum Gasteiger partial charge on any atom is -0.496 e. The van der Waals surface area contributed by atoms with Crippen molar-refractivity contribution in [1.82, 2.24) is 4.90 Å². The number of Topliss-reactive ketones (excluding diaryl/α,β-unsaturated/α-hetero) is 1. The zero-order valence-electron chi connectivity index (χ0n) is 13.8. The number of piperidine rings is 1. The first-order valence-corrected chi connectivity index (χ1v) is 7.84.